The fourth-order valence-electron chi connectivity index (χ4n) is 2.12. The Hall–Kier alpha value is -0.0800. The minimum atomic E-state index is -0.118. The molecule has 0 aliphatic carbocycles. The van der Waals surface area contributed by atoms with Crippen LogP contribution in [-0.2, 0) is 0 Å². The summed E-state index contributed by atoms with van der Waals surface area (Å²) in [6.45, 7) is 4.34. The van der Waals surface area contributed by atoms with E-state index in [0.717, 1.165) is 57.8 Å². The molecule has 0 fully saturated rings. The van der Waals surface area contributed by atoms with Crippen LogP contribution in [0.15, 0.2) is 0 Å². The molecule has 0 aliphatic heterocycles. The molecule has 2 heteroatoms. The SMILES string of the molecule is CCCCCC(O)CCCCC(O)CCCC. The van der Waals surface area contributed by atoms with Crippen LogP contribution in [0.2, 0.25) is 0 Å². The monoisotopic (exact) mass is 244 g/mol. The molecule has 0 aromatic heterocycles. The maximum absolute atomic E-state index is 9.72. The smallest absolute Gasteiger partial charge is 0.0540 e. The van der Waals surface area contributed by atoms with E-state index in [1.807, 2.05) is 0 Å². The number of hydrogen-bond acceptors (Lipinski definition) is 2. The normalized spacial score (nSPS) is 14.8. The minimum Gasteiger partial charge on any atom is -0.393 e. The van der Waals surface area contributed by atoms with Crippen molar-refractivity contribution >= 4 is 0 Å². The lowest BCUT2D eigenvalue weighted by atomic mass is 10.0. The van der Waals surface area contributed by atoms with Crippen LogP contribution in [0.4, 0.5) is 0 Å². The molecule has 0 aromatic carbocycles. The van der Waals surface area contributed by atoms with Gasteiger partial charge in [-0.2, -0.15) is 0 Å². The Balaban J connectivity index is 3.25. The highest BCUT2D eigenvalue weighted by Gasteiger charge is 2.06. The van der Waals surface area contributed by atoms with Gasteiger partial charge in [0, 0.05) is 0 Å². The molecule has 0 heterocycles. The van der Waals surface area contributed by atoms with E-state index in [9.17, 15) is 10.2 Å². The first-order valence-electron chi connectivity index (χ1n) is 7.56. The summed E-state index contributed by atoms with van der Waals surface area (Å²) in [6, 6.07) is 0. The first-order valence-corrected chi connectivity index (χ1v) is 7.56. The standard InChI is InChI=1S/C15H32O2/c1-3-5-7-11-15(17)13-9-8-12-14(16)10-6-4-2/h14-17H,3-13H2,1-2H3. The Morgan fingerprint density at radius 2 is 0.941 bits per heavy atom. The van der Waals surface area contributed by atoms with Crippen LogP contribution in [0, 0.1) is 0 Å². The van der Waals surface area contributed by atoms with Crippen molar-refractivity contribution in [2.45, 2.75) is 96.7 Å². The predicted molar refractivity (Wildman–Crippen MR) is 74.1 cm³/mol. The summed E-state index contributed by atoms with van der Waals surface area (Å²) < 4.78 is 0. The van der Waals surface area contributed by atoms with Crippen LogP contribution >= 0.6 is 0 Å². The third kappa shape index (κ3) is 12.2. The van der Waals surface area contributed by atoms with Gasteiger partial charge >= 0.3 is 0 Å². The van der Waals surface area contributed by atoms with Gasteiger partial charge in [0.05, 0.1) is 12.2 Å². The van der Waals surface area contributed by atoms with Gasteiger partial charge in [0.2, 0.25) is 0 Å². The van der Waals surface area contributed by atoms with Crippen molar-refractivity contribution in [3.8, 4) is 0 Å². The average molecular weight is 244 g/mol. The summed E-state index contributed by atoms with van der Waals surface area (Å²) in [4.78, 5) is 0. The second-order valence-electron chi connectivity index (χ2n) is 5.23. The lowest BCUT2D eigenvalue weighted by Crippen LogP contribution is -2.08. The zero-order chi connectivity index (χ0) is 12.9. The number of unbranched alkanes of at least 4 members (excludes halogenated alkanes) is 4. The lowest BCUT2D eigenvalue weighted by molar-refractivity contribution is 0.132. The van der Waals surface area contributed by atoms with Crippen molar-refractivity contribution in [2.24, 2.45) is 0 Å². The Morgan fingerprint density at radius 3 is 1.35 bits per heavy atom. The first-order chi connectivity index (χ1) is 8.20. The van der Waals surface area contributed by atoms with Crippen LogP contribution in [0.1, 0.15) is 84.5 Å². The average Bonchev–Trinajstić information content (AvgIpc) is 2.32. The molecule has 0 saturated heterocycles. The first kappa shape index (κ1) is 16.9. The topological polar surface area (TPSA) is 40.5 Å². The highest BCUT2D eigenvalue weighted by Crippen LogP contribution is 2.13. The maximum atomic E-state index is 9.72. The molecule has 0 spiro atoms. The number of aliphatic hydroxyl groups excluding tert-OH is 2. The van der Waals surface area contributed by atoms with Crippen LogP contribution in [0.5, 0.6) is 0 Å². The molecule has 104 valence electrons. The van der Waals surface area contributed by atoms with Gasteiger partial charge in [0.1, 0.15) is 0 Å². The summed E-state index contributed by atoms with van der Waals surface area (Å²) in [5.74, 6) is 0. The van der Waals surface area contributed by atoms with Gasteiger partial charge in [-0.3, -0.25) is 0 Å². The van der Waals surface area contributed by atoms with Crippen LogP contribution < -0.4 is 0 Å². The second kappa shape index (κ2) is 12.4. The third-order valence-corrected chi connectivity index (χ3v) is 3.36. The zero-order valence-electron chi connectivity index (χ0n) is 11.8. The maximum Gasteiger partial charge on any atom is 0.0540 e. The Kier molecular flexibility index (Phi) is 12.3. The van der Waals surface area contributed by atoms with E-state index in [1.54, 1.807) is 0 Å². The lowest BCUT2D eigenvalue weighted by Gasteiger charge is -2.12. The van der Waals surface area contributed by atoms with Crippen molar-refractivity contribution in [3.63, 3.8) is 0 Å². The van der Waals surface area contributed by atoms with E-state index in [1.165, 1.54) is 12.8 Å². The highest BCUT2D eigenvalue weighted by atomic mass is 16.3. The summed E-state index contributed by atoms with van der Waals surface area (Å²) in [7, 11) is 0. The molecule has 0 radical (unpaired) electrons. The summed E-state index contributed by atoms with van der Waals surface area (Å²) >= 11 is 0. The van der Waals surface area contributed by atoms with E-state index in [-0.39, 0.29) is 12.2 Å². The number of aliphatic hydroxyl groups is 2. The Bertz CT molecular complexity index is 148. The zero-order valence-corrected chi connectivity index (χ0v) is 11.8. The summed E-state index contributed by atoms with van der Waals surface area (Å²) in [5, 5.41) is 19.4. The molecule has 2 unspecified atom stereocenters. The molecule has 0 aliphatic rings. The van der Waals surface area contributed by atoms with Gasteiger partial charge in [0.25, 0.3) is 0 Å². The van der Waals surface area contributed by atoms with E-state index < -0.39 is 0 Å². The van der Waals surface area contributed by atoms with Gasteiger partial charge in [-0.05, 0) is 25.7 Å². The van der Waals surface area contributed by atoms with E-state index in [2.05, 4.69) is 13.8 Å². The third-order valence-electron chi connectivity index (χ3n) is 3.36. The fourth-order valence-corrected chi connectivity index (χ4v) is 2.12. The van der Waals surface area contributed by atoms with Crippen molar-refractivity contribution < 1.29 is 10.2 Å². The molecule has 0 bridgehead atoms. The number of rotatable bonds is 12. The molecule has 17 heavy (non-hydrogen) atoms. The predicted octanol–water partition coefficient (Wildman–Crippen LogP) is 4.04. The minimum absolute atomic E-state index is 0.116. The molecule has 2 atom stereocenters. The van der Waals surface area contributed by atoms with Crippen molar-refractivity contribution in [3.05, 3.63) is 0 Å². The van der Waals surface area contributed by atoms with Crippen LogP contribution in [-0.4, -0.2) is 22.4 Å². The molecule has 0 saturated carbocycles. The van der Waals surface area contributed by atoms with E-state index in [0.29, 0.717) is 0 Å². The quantitative estimate of drug-likeness (QED) is 0.509. The van der Waals surface area contributed by atoms with Crippen molar-refractivity contribution in [1.29, 1.82) is 0 Å². The highest BCUT2D eigenvalue weighted by molar-refractivity contribution is 4.60. The summed E-state index contributed by atoms with van der Waals surface area (Å²) in [5.41, 5.74) is 0. The van der Waals surface area contributed by atoms with Gasteiger partial charge < -0.3 is 10.2 Å². The van der Waals surface area contributed by atoms with E-state index in [4.69, 9.17) is 0 Å². The molecule has 0 rings (SSSR count). The Labute approximate surface area is 107 Å². The molecular weight excluding hydrogens is 212 g/mol. The van der Waals surface area contributed by atoms with Gasteiger partial charge in [-0.15, -0.1) is 0 Å². The fraction of sp³-hybridized carbons (Fsp3) is 1.00. The molecule has 2 N–H and O–H groups in total. The second-order valence-corrected chi connectivity index (χ2v) is 5.23. The molecule has 2 nitrogen and oxygen atoms in total. The van der Waals surface area contributed by atoms with Crippen molar-refractivity contribution in [2.75, 3.05) is 0 Å². The molecule has 0 amide bonds. The number of hydrogen-bond donors (Lipinski definition) is 2. The molecular formula is C15H32O2. The van der Waals surface area contributed by atoms with E-state index >= 15 is 0 Å². The van der Waals surface area contributed by atoms with Gasteiger partial charge in [-0.1, -0.05) is 58.8 Å². The Morgan fingerprint density at radius 1 is 0.588 bits per heavy atom. The van der Waals surface area contributed by atoms with Gasteiger partial charge in [-0.25, -0.2) is 0 Å². The van der Waals surface area contributed by atoms with Crippen LogP contribution in [0.25, 0.3) is 0 Å². The van der Waals surface area contributed by atoms with Crippen molar-refractivity contribution in [1.82, 2.24) is 0 Å². The van der Waals surface area contributed by atoms with Gasteiger partial charge in [0.15, 0.2) is 0 Å². The largest absolute Gasteiger partial charge is 0.393 e. The molecule has 0 aromatic rings. The van der Waals surface area contributed by atoms with Crippen LogP contribution in [0.3, 0.4) is 0 Å². The summed E-state index contributed by atoms with van der Waals surface area (Å²) in [6.07, 6.45) is 11.5.